The molecular weight excluding hydrogens is 264 g/mol. The number of hydrogen-bond acceptors (Lipinski definition) is 4. The van der Waals surface area contributed by atoms with Crippen LogP contribution in [0.5, 0.6) is 0 Å². The molecular formula is C15H18N6. The lowest BCUT2D eigenvalue weighted by Crippen LogP contribution is -2.08. The van der Waals surface area contributed by atoms with Crippen molar-refractivity contribution in [3.63, 3.8) is 0 Å². The fraction of sp³-hybridized carbons (Fsp3) is 0.267. The van der Waals surface area contributed by atoms with Gasteiger partial charge in [0.05, 0.1) is 35.9 Å². The molecule has 1 unspecified atom stereocenters. The van der Waals surface area contributed by atoms with E-state index in [-0.39, 0.29) is 6.04 Å². The molecule has 3 rings (SSSR count). The molecule has 6 nitrogen and oxygen atoms in total. The molecule has 0 saturated carbocycles. The molecule has 0 spiro atoms. The highest BCUT2D eigenvalue weighted by Crippen LogP contribution is 2.11. The Labute approximate surface area is 123 Å². The number of rotatable bonds is 5. The molecule has 0 aliphatic carbocycles. The molecule has 0 fully saturated rings. The van der Waals surface area contributed by atoms with Crippen LogP contribution >= 0.6 is 0 Å². The average molecular weight is 282 g/mol. The van der Waals surface area contributed by atoms with E-state index < -0.39 is 0 Å². The van der Waals surface area contributed by atoms with Crippen molar-refractivity contribution in [2.75, 3.05) is 0 Å². The van der Waals surface area contributed by atoms with Crippen molar-refractivity contribution < 1.29 is 0 Å². The fourth-order valence-electron chi connectivity index (χ4n) is 2.11. The number of aromatic nitrogens is 5. The van der Waals surface area contributed by atoms with E-state index in [2.05, 4.69) is 15.4 Å². The molecule has 0 amide bonds. The molecule has 2 heterocycles. The zero-order valence-corrected chi connectivity index (χ0v) is 11.9. The van der Waals surface area contributed by atoms with Gasteiger partial charge in [-0.1, -0.05) is 30.3 Å². The maximum absolute atomic E-state index is 5.95. The SMILES string of the molecule is CCC(N)c1cn(Cc2ccn(-c3ccccc3)n2)nn1. The predicted molar refractivity (Wildman–Crippen MR) is 79.9 cm³/mol. The highest BCUT2D eigenvalue weighted by atomic mass is 15.4. The van der Waals surface area contributed by atoms with Crippen molar-refractivity contribution in [2.24, 2.45) is 5.73 Å². The molecule has 3 aromatic rings. The van der Waals surface area contributed by atoms with E-state index in [4.69, 9.17) is 5.73 Å². The lowest BCUT2D eigenvalue weighted by Gasteiger charge is -2.02. The third-order valence-electron chi connectivity index (χ3n) is 3.37. The van der Waals surface area contributed by atoms with Gasteiger partial charge in [-0.3, -0.25) is 0 Å². The molecule has 2 aromatic heterocycles. The Balaban J connectivity index is 1.74. The monoisotopic (exact) mass is 282 g/mol. The van der Waals surface area contributed by atoms with Crippen LogP contribution in [-0.2, 0) is 6.54 Å². The van der Waals surface area contributed by atoms with Crippen molar-refractivity contribution in [3.05, 3.63) is 60.2 Å². The lowest BCUT2D eigenvalue weighted by atomic mass is 10.2. The molecule has 0 bridgehead atoms. The first-order chi connectivity index (χ1) is 10.3. The van der Waals surface area contributed by atoms with Crippen LogP contribution in [0.4, 0.5) is 0 Å². The average Bonchev–Trinajstić information content (AvgIpc) is 3.17. The summed E-state index contributed by atoms with van der Waals surface area (Å²) < 4.78 is 3.62. The van der Waals surface area contributed by atoms with E-state index in [1.807, 2.05) is 60.4 Å². The van der Waals surface area contributed by atoms with Crippen LogP contribution in [0.2, 0.25) is 0 Å². The van der Waals surface area contributed by atoms with E-state index in [0.29, 0.717) is 6.54 Å². The predicted octanol–water partition coefficient (Wildman–Crippen LogP) is 1.92. The van der Waals surface area contributed by atoms with E-state index in [1.165, 1.54) is 0 Å². The van der Waals surface area contributed by atoms with Crippen LogP contribution in [-0.4, -0.2) is 24.8 Å². The van der Waals surface area contributed by atoms with Gasteiger partial charge in [0.1, 0.15) is 0 Å². The van der Waals surface area contributed by atoms with Gasteiger partial charge in [-0.2, -0.15) is 5.10 Å². The Morgan fingerprint density at radius 2 is 2.00 bits per heavy atom. The van der Waals surface area contributed by atoms with Crippen molar-refractivity contribution in [3.8, 4) is 5.69 Å². The second-order valence-corrected chi connectivity index (χ2v) is 4.94. The zero-order chi connectivity index (χ0) is 14.7. The highest BCUT2D eigenvalue weighted by Gasteiger charge is 2.09. The van der Waals surface area contributed by atoms with E-state index in [1.54, 1.807) is 4.68 Å². The standard InChI is InChI=1S/C15H18N6/c1-2-14(16)15-11-20(19-17-15)10-12-8-9-21(18-12)13-6-4-3-5-7-13/h3-9,11,14H,2,10,16H2,1H3. The molecule has 0 aliphatic rings. The Morgan fingerprint density at radius 3 is 2.76 bits per heavy atom. The first kappa shape index (κ1) is 13.5. The van der Waals surface area contributed by atoms with Gasteiger partial charge in [-0.15, -0.1) is 5.10 Å². The second kappa shape index (κ2) is 5.88. The summed E-state index contributed by atoms with van der Waals surface area (Å²) in [6, 6.07) is 11.9. The first-order valence-electron chi connectivity index (χ1n) is 7.02. The Morgan fingerprint density at radius 1 is 1.19 bits per heavy atom. The Bertz CT molecular complexity index is 700. The molecule has 2 N–H and O–H groups in total. The Kier molecular flexibility index (Phi) is 3.79. The summed E-state index contributed by atoms with van der Waals surface area (Å²) in [5, 5.41) is 12.7. The largest absolute Gasteiger partial charge is 0.323 e. The topological polar surface area (TPSA) is 74.5 Å². The number of nitrogens with two attached hydrogens (primary N) is 1. The molecule has 1 aromatic carbocycles. The van der Waals surface area contributed by atoms with Gasteiger partial charge in [-0.25, -0.2) is 9.36 Å². The number of nitrogens with zero attached hydrogens (tertiary/aromatic N) is 5. The summed E-state index contributed by atoms with van der Waals surface area (Å²) in [5.74, 6) is 0. The molecule has 0 radical (unpaired) electrons. The van der Waals surface area contributed by atoms with Crippen molar-refractivity contribution in [2.45, 2.75) is 25.9 Å². The number of para-hydroxylation sites is 1. The van der Waals surface area contributed by atoms with E-state index >= 15 is 0 Å². The molecule has 21 heavy (non-hydrogen) atoms. The summed E-state index contributed by atoms with van der Waals surface area (Å²) in [4.78, 5) is 0. The first-order valence-corrected chi connectivity index (χ1v) is 7.02. The number of hydrogen-bond donors (Lipinski definition) is 1. The fourth-order valence-corrected chi connectivity index (χ4v) is 2.11. The van der Waals surface area contributed by atoms with Gasteiger partial charge in [0, 0.05) is 6.20 Å². The minimum atomic E-state index is -0.0550. The maximum Gasteiger partial charge on any atom is 0.0994 e. The Hall–Kier alpha value is -2.47. The molecule has 6 heteroatoms. The van der Waals surface area contributed by atoms with Crippen LogP contribution < -0.4 is 5.73 Å². The highest BCUT2D eigenvalue weighted by molar-refractivity contribution is 5.30. The lowest BCUT2D eigenvalue weighted by molar-refractivity contribution is 0.629. The van der Waals surface area contributed by atoms with Crippen LogP contribution in [0.25, 0.3) is 5.69 Å². The van der Waals surface area contributed by atoms with Crippen molar-refractivity contribution >= 4 is 0 Å². The summed E-state index contributed by atoms with van der Waals surface area (Å²) >= 11 is 0. The van der Waals surface area contributed by atoms with Crippen molar-refractivity contribution in [1.29, 1.82) is 0 Å². The summed E-state index contributed by atoms with van der Waals surface area (Å²) in [6.07, 6.45) is 4.68. The van der Waals surface area contributed by atoms with Gasteiger partial charge < -0.3 is 5.73 Å². The van der Waals surface area contributed by atoms with Gasteiger partial charge >= 0.3 is 0 Å². The molecule has 0 aliphatic heterocycles. The van der Waals surface area contributed by atoms with E-state index in [0.717, 1.165) is 23.5 Å². The molecule has 0 saturated heterocycles. The zero-order valence-electron chi connectivity index (χ0n) is 11.9. The quantitative estimate of drug-likeness (QED) is 0.776. The van der Waals surface area contributed by atoms with Gasteiger partial charge in [-0.05, 0) is 24.6 Å². The van der Waals surface area contributed by atoms with Crippen molar-refractivity contribution in [1.82, 2.24) is 24.8 Å². The second-order valence-electron chi connectivity index (χ2n) is 4.94. The summed E-state index contributed by atoms with van der Waals surface area (Å²) in [7, 11) is 0. The van der Waals surface area contributed by atoms with Crippen LogP contribution in [0.15, 0.2) is 48.8 Å². The third kappa shape index (κ3) is 3.00. The normalized spacial score (nSPS) is 12.5. The third-order valence-corrected chi connectivity index (χ3v) is 3.37. The smallest absolute Gasteiger partial charge is 0.0994 e. The van der Waals surface area contributed by atoms with Gasteiger partial charge in [0.2, 0.25) is 0 Å². The van der Waals surface area contributed by atoms with E-state index in [9.17, 15) is 0 Å². The minimum absolute atomic E-state index is 0.0550. The summed E-state index contributed by atoms with van der Waals surface area (Å²) in [5.41, 5.74) is 8.73. The number of benzene rings is 1. The summed E-state index contributed by atoms with van der Waals surface area (Å²) in [6.45, 7) is 2.62. The van der Waals surface area contributed by atoms with Crippen LogP contribution in [0.1, 0.15) is 30.8 Å². The molecule has 1 atom stereocenters. The van der Waals surface area contributed by atoms with Crippen LogP contribution in [0, 0.1) is 0 Å². The van der Waals surface area contributed by atoms with Gasteiger partial charge in [0.25, 0.3) is 0 Å². The van der Waals surface area contributed by atoms with Gasteiger partial charge in [0.15, 0.2) is 0 Å². The van der Waals surface area contributed by atoms with Crippen LogP contribution in [0.3, 0.4) is 0 Å². The minimum Gasteiger partial charge on any atom is -0.323 e. The maximum atomic E-state index is 5.95. The molecule has 108 valence electrons.